The van der Waals surface area contributed by atoms with Gasteiger partial charge in [0.2, 0.25) is 11.8 Å². The Balaban J connectivity index is 1.31. The number of rotatable bonds is 7. The number of carbonyl (C=O) groups excluding carboxylic acids is 3. The van der Waals surface area contributed by atoms with Gasteiger partial charge < -0.3 is 19.7 Å². The van der Waals surface area contributed by atoms with E-state index in [9.17, 15) is 14.4 Å². The van der Waals surface area contributed by atoms with E-state index in [0.29, 0.717) is 6.42 Å². The fourth-order valence-corrected chi connectivity index (χ4v) is 5.17. The summed E-state index contributed by atoms with van der Waals surface area (Å²) in [5, 5.41) is 2.59. The molecule has 162 valence electrons. The number of amides is 2. The van der Waals surface area contributed by atoms with Crippen LogP contribution in [0.4, 0.5) is 0 Å². The van der Waals surface area contributed by atoms with Crippen LogP contribution in [0.15, 0.2) is 54.6 Å². The van der Waals surface area contributed by atoms with E-state index in [4.69, 9.17) is 9.47 Å². The van der Waals surface area contributed by atoms with E-state index in [1.807, 2.05) is 42.5 Å². The molecule has 2 aliphatic rings. The number of carbonyl (C=O) groups is 3. The molecule has 8 heteroatoms. The van der Waals surface area contributed by atoms with Gasteiger partial charge in [0.15, 0.2) is 0 Å². The smallest absolute Gasteiger partial charge is 0.329 e. The van der Waals surface area contributed by atoms with E-state index in [-0.39, 0.29) is 30.2 Å². The van der Waals surface area contributed by atoms with Crippen LogP contribution in [0, 0.1) is 0 Å². The minimum atomic E-state index is -0.612. The van der Waals surface area contributed by atoms with Crippen molar-refractivity contribution in [3.05, 3.63) is 65.7 Å². The predicted octanol–water partition coefficient (Wildman–Crippen LogP) is 2.14. The van der Waals surface area contributed by atoms with Crippen LogP contribution < -0.4 is 10.1 Å². The Morgan fingerprint density at radius 2 is 1.84 bits per heavy atom. The predicted molar refractivity (Wildman–Crippen MR) is 116 cm³/mol. The van der Waals surface area contributed by atoms with Gasteiger partial charge in [-0.15, -0.1) is 11.8 Å². The molecule has 0 aromatic heterocycles. The second kappa shape index (κ2) is 9.43. The van der Waals surface area contributed by atoms with Gasteiger partial charge in [-0.05, 0) is 35.4 Å². The van der Waals surface area contributed by atoms with Crippen LogP contribution >= 0.6 is 11.8 Å². The number of nitrogens with zero attached hydrogens (tertiary/aromatic N) is 1. The van der Waals surface area contributed by atoms with Crippen molar-refractivity contribution in [1.29, 1.82) is 0 Å². The normalized spacial score (nSPS) is 22.2. The van der Waals surface area contributed by atoms with E-state index >= 15 is 0 Å². The first kappa shape index (κ1) is 21.2. The lowest BCUT2D eigenvalue weighted by molar-refractivity contribution is -0.166. The van der Waals surface area contributed by atoms with E-state index in [0.717, 1.165) is 22.6 Å². The number of esters is 1. The molecular formula is C23H24N2O5S. The number of fused-ring (bicyclic) bond motifs is 1. The zero-order valence-corrected chi connectivity index (χ0v) is 18.0. The van der Waals surface area contributed by atoms with Crippen LogP contribution in [0.2, 0.25) is 0 Å². The molecule has 0 spiro atoms. The minimum Gasteiger partial charge on any atom is -0.497 e. The van der Waals surface area contributed by atoms with Crippen molar-refractivity contribution >= 4 is 29.5 Å². The van der Waals surface area contributed by atoms with Crippen molar-refractivity contribution in [2.75, 3.05) is 12.9 Å². The number of β-lactam (4-membered cyclic amide) rings is 1. The van der Waals surface area contributed by atoms with Gasteiger partial charge in [-0.25, -0.2) is 4.79 Å². The number of methoxy groups -OCH3 is 1. The standard InChI is InChI=1S/C23H24N2O5S/c1-29-17-9-7-16(8-10-17)14-30-23(28)18-11-12-31-22-20(21(27)25(18)22)24-19(26)13-15-5-3-2-4-6-15/h2-10,18,20,22H,11-14H2,1H3,(H,24,26)/t18?,20-,22-/m1/s1. The molecule has 0 saturated carbocycles. The Hall–Kier alpha value is -3.00. The molecule has 0 radical (unpaired) electrons. The van der Waals surface area contributed by atoms with Crippen LogP contribution in [0.3, 0.4) is 0 Å². The molecule has 3 atom stereocenters. The Morgan fingerprint density at radius 3 is 2.55 bits per heavy atom. The van der Waals surface area contributed by atoms with Gasteiger partial charge in [0.25, 0.3) is 0 Å². The van der Waals surface area contributed by atoms with Gasteiger partial charge in [-0.2, -0.15) is 0 Å². The summed E-state index contributed by atoms with van der Waals surface area (Å²) in [5.74, 6) is 0.609. The SMILES string of the molecule is COc1ccc(COC(=O)C2CCS[C@@H]3[C@H](NC(=O)Cc4ccccc4)C(=O)N23)cc1. The number of benzene rings is 2. The highest BCUT2D eigenvalue weighted by Gasteiger charge is 2.55. The highest BCUT2D eigenvalue weighted by atomic mass is 32.2. The molecule has 2 saturated heterocycles. The zero-order chi connectivity index (χ0) is 21.8. The third kappa shape index (κ3) is 4.69. The molecule has 2 aromatic rings. The first-order valence-electron chi connectivity index (χ1n) is 10.1. The maximum absolute atomic E-state index is 12.7. The summed E-state index contributed by atoms with van der Waals surface area (Å²) >= 11 is 1.58. The van der Waals surface area contributed by atoms with Crippen LogP contribution in [0.5, 0.6) is 5.75 Å². The molecule has 1 N–H and O–H groups in total. The van der Waals surface area contributed by atoms with Gasteiger partial charge in [0.1, 0.15) is 29.8 Å². The highest BCUT2D eigenvalue weighted by Crippen LogP contribution is 2.38. The summed E-state index contributed by atoms with van der Waals surface area (Å²) in [5.41, 5.74) is 1.73. The van der Waals surface area contributed by atoms with Gasteiger partial charge in [-0.3, -0.25) is 9.59 Å². The number of hydrogen-bond acceptors (Lipinski definition) is 6. The van der Waals surface area contributed by atoms with Gasteiger partial charge in [0, 0.05) is 0 Å². The third-order valence-corrected chi connectivity index (χ3v) is 6.74. The Bertz CT molecular complexity index is 950. The first-order valence-corrected chi connectivity index (χ1v) is 11.2. The van der Waals surface area contributed by atoms with E-state index < -0.39 is 18.1 Å². The van der Waals surface area contributed by atoms with Crippen LogP contribution in [0.25, 0.3) is 0 Å². The van der Waals surface area contributed by atoms with Gasteiger partial charge >= 0.3 is 5.97 Å². The largest absolute Gasteiger partial charge is 0.497 e. The lowest BCUT2D eigenvalue weighted by Crippen LogP contribution is -2.74. The fourth-order valence-electron chi connectivity index (χ4n) is 3.78. The fraction of sp³-hybridized carbons (Fsp3) is 0.348. The van der Waals surface area contributed by atoms with Crippen molar-refractivity contribution in [2.45, 2.75) is 36.9 Å². The van der Waals surface area contributed by atoms with Gasteiger partial charge in [0.05, 0.1) is 13.5 Å². The lowest BCUT2D eigenvalue weighted by atomic mass is 10.0. The molecule has 2 aromatic carbocycles. The zero-order valence-electron chi connectivity index (χ0n) is 17.2. The summed E-state index contributed by atoms with van der Waals surface area (Å²) in [6.07, 6.45) is 0.758. The van der Waals surface area contributed by atoms with E-state index in [1.54, 1.807) is 35.9 Å². The molecule has 2 aliphatic heterocycles. The highest BCUT2D eigenvalue weighted by molar-refractivity contribution is 8.00. The van der Waals surface area contributed by atoms with E-state index in [2.05, 4.69) is 5.32 Å². The monoisotopic (exact) mass is 440 g/mol. The average Bonchev–Trinajstić information content (AvgIpc) is 2.81. The summed E-state index contributed by atoms with van der Waals surface area (Å²) in [4.78, 5) is 39.3. The van der Waals surface area contributed by atoms with Crippen LogP contribution in [0.1, 0.15) is 17.5 Å². The number of hydrogen-bond donors (Lipinski definition) is 1. The molecule has 2 amide bonds. The maximum Gasteiger partial charge on any atom is 0.329 e. The molecule has 0 bridgehead atoms. The molecule has 4 rings (SSSR count). The molecule has 2 fully saturated rings. The van der Waals surface area contributed by atoms with Crippen molar-refractivity contribution in [3.63, 3.8) is 0 Å². The Labute approximate surface area is 185 Å². The maximum atomic E-state index is 12.7. The second-order valence-corrected chi connectivity index (χ2v) is 8.70. The van der Waals surface area contributed by atoms with E-state index in [1.165, 1.54) is 0 Å². The first-order chi connectivity index (χ1) is 15.1. The number of thioether (sulfide) groups is 1. The lowest BCUT2D eigenvalue weighted by Gasteiger charge is -2.52. The van der Waals surface area contributed by atoms with Crippen LogP contribution in [-0.2, 0) is 32.1 Å². The van der Waals surface area contributed by atoms with Crippen molar-refractivity contribution in [2.24, 2.45) is 0 Å². The summed E-state index contributed by atoms with van der Waals surface area (Å²) in [6, 6.07) is 15.4. The van der Waals surface area contributed by atoms with Crippen molar-refractivity contribution < 1.29 is 23.9 Å². The molecular weight excluding hydrogens is 416 g/mol. The average molecular weight is 441 g/mol. The summed E-state index contributed by atoms with van der Waals surface area (Å²) in [7, 11) is 1.59. The molecule has 0 aliphatic carbocycles. The van der Waals surface area contributed by atoms with Crippen molar-refractivity contribution in [3.8, 4) is 5.75 Å². The molecule has 2 heterocycles. The van der Waals surface area contributed by atoms with Crippen LogP contribution in [-0.4, -0.2) is 53.0 Å². The Morgan fingerprint density at radius 1 is 1.10 bits per heavy atom. The molecule has 7 nitrogen and oxygen atoms in total. The Kier molecular flexibility index (Phi) is 6.46. The number of ether oxygens (including phenoxy) is 2. The summed E-state index contributed by atoms with van der Waals surface area (Å²) in [6.45, 7) is 0.135. The molecule has 1 unspecified atom stereocenters. The third-order valence-electron chi connectivity index (χ3n) is 5.43. The minimum absolute atomic E-state index is 0.135. The van der Waals surface area contributed by atoms with Crippen molar-refractivity contribution in [1.82, 2.24) is 10.2 Å². The summed E-state index contributed by atoms with van der Waals surface area (Å²) < 4.78 is 10.6. The number of nitrogens with one attached hydrogen (secondary N) is 1. The quantitative estimate of drug-likeness (QED) is 0.525. The van der Waals surface area contributed by atoms with Gasteiger partial charge in [-0.1, -0.05) is 42.5 Å². The topological polar surface area (TPSA) is 84.9 Å². The molecule has 31 heavy (non-hydrogen) atoms. The second-order valence-electron chi connectivity index (χ2n) is 7.47.